The summed E-state index contributed by atoms with van der Waals surface area (Å²) in [5, 5.41) is 3.30. The van der Waals surface area contributed by atoms with Gasteiger partial charge in [-0.1, -0.05) is 41.2 Å². The van der Waals surface area contributed by atoms with Gasteiger partial charge >= 0.3 is 0 Å². The first kappa shape index (κ1) is 20.6. The molecule has 0 saturated carbocycles. The molecule has 8 nitrogen and oxygen atoms in total. The number of hydrogen-bond donors (Lipinski definition) is 4. The maximum atomic E-state index is 10.7. The number of nitrogens with zero attached hydrogens (tertiary/aromatic N) is 3. The van der Waals surface area contributed by atoms with Crippen LogP contribution < -0.4 is 16.2 Å². The van der Waals surface area contributed by atoms with E-state index in [2.05, 4.69) is 30.5 Å². The van der Waals surface area contributed by atoms with Crippen molar-refractivity contribution < 1.29 is 8.76 Å². The molecule has 0 radical (unpaired) electrons. The minimum atomic E-state index is -2.22. The quantitative estimate of drug-likeness (QED) is 0.255. The average Bonchev–Trinajstić information content (AvgIpc) is 2.66. The van der Waals surface area contributed by atoms with E-state index in [1.807, 2.05) is 57.2 Å². The van der Waals surface area contributed by atoms with E-state index in [1.165, 1.54) is 0 Å². The van der Waals surface area contributed by atoms with E-state index < -0.39 is 10.9 Å². The fourth-order valence-electron chi connectivity index (χ4n) is 2.49. The lowest BCUT2D eigenvalue weighted by Crippen LogP contribution is -2.27. The summed E-state index contributed by atoms with van der Waals surface area (Å²) in [6, 6.07) is 18.5. The number of rotatable bonds is 6. The van der Waals surface area contributed by atoms with E-state index in [1.54, 1.807) is 24.3 Å². The Morgan fingerprint density at radius 3 is 2.28 bits per heavy atom. The van der Waals surface area contributed by atoms with Crippen molar-refractivity contribution in [3.63, 3.8) is 0 Å². The maximum Gasteiger partial charge on any atom is 0.225 e. The van der Waals surface area contributed by atoms with Crippen LogP contribution in [0.15, 0.2) is 65.0 Å². The maximum absolute atomic E-state index is 10.7. The van der Waals surface area contributed by atoms with Crippen LogP contribution in [0, 0.1) is 0 Å². The van der Waals surface area contributed by atoms with Crippen LogP contribution in [0.5, 0.6) is 0 Å². The lowest BCUT2D eigenvalue weighted by atomic mass is 10.1. The van der Waals surface area contributed by atoms with Crippen molar-refractivity contribution in [1.82, 2.24) is 9.97 Å². The highest BCUT2D eigenvalue weighted by Crippen LogP contribution is 2.23. The number of hydrazine groups is 1. The van der Waals surface area contributed by atoms with Crippen LogP contribution in [0.25, 0.3) is 11.3 Å². The molecule has 0 amide bonds. The fourth-order valence-corrected chi connectivity index (χ4v) is 2.79. The predicted molar refractivity (Wildman–Crippen MR) is 117 cm³/mol. The standard InChI is InChI=1S/C20H23N6O2S/c1-20(2,3)23-19-21-17(14-7-5-4-6-8-14)13-18(22-19)25-24-15-9-11-16(12-10-15)26-29(27)28/h4-13,24H,1-3H3,(H,26,27,28)(H2,21,22,23,25)/q-1. The lowest BCUT2D eigenvalue weighted by molar-refractivity contribution is 0.529. The smallest absolute Gasteiger partial charge is 0.225 e. The fraction of sp³-hybridized carbons (Fsp3) is 0.200. The molecule has 0 bridgehead atoms. The van der Waals surface area contributed by atoms with Crippen molar-refractivity contribution in [3.8, 4) is 11.3 Å². The molecular formula is C20H23N6O2S-. The van der Waals surface area contributed by atoms with Gasteiger partial charge in [-0.15, -0.1) is 0 Å². The van der Waals surface area contributed by atoms with Crippen LogP contribution in [-0.4, -0.2) is 20.1 Å². The molecule has 0 aliphatic rings. The van der Waals surface area contributed by atoms with E-state index in [0.29, 0.717) is 17.5 Å². The molecule has 0 spiro atoms. The molecule has 0 unspecified atom stereocenters. The zero-order valence-corrected chi connectivity index (χ0v) is 17.2. The van der Waals surface area contributed by atoms with Crippen LogP contribution in [0.1, 0.15) is 20.8 Å². The highest BCUT2D eigenvalue weighted by molar-refractivity contribution is 7.68. The molecule has 9 heteroatoms. The molecule has 29 heavy (non-hydrogen) atoms. The molecule has 3 rings (SSSR count). The van der Waals surface area contributed by atoms with Crippen molar-refractivity contribution in [2.24, 2.45) is 4.36 Å². The van der Waals surface area contributed by atoms with Gasteiger partial charge in [0.1, 0.15) is 0 Å². The summed E-state index contributed by atoms with van der Waals surface area (Å²) in [7, 11) is -2.22. The van der Waals surface area contributed by atoms with Gasteiger partial charge in [-0.25, -0.2) is 4.98 Å². The molecule has 1 aromatic heterocycles. The topological polar surface area (TPSA) is 112 Å². The summed E-state index contributed by atoms with van der Waals surface area (Å²) in [6.07, 6.45) is 0. The van der Waals surface area contributed by atoms with Gasteiger partial charge in [0.2, 0.25) is 5.95 Å². The Morgan fingerprint density at radius 2 is 1.66 bits per heavy atom. The van der Waals surface area contributed by atoms with Crippen molar-refractivity contribution >= 4 is 34.0 Å². The minimum absolute atomic E-state index is 0.188. The van der Waals surface area contributed by atoms with Gasteiger partial charge in [0.15, 0.2) is 5.82 Å². The zero-order chi connectivity index (χ0) is 20.9. The zero-order valence-electron chi connectivity index (χ0n) is 16.4. The van der Waals surface area contributed by atoms with Gasteiger partial charge < -0.3 is 18.4 Å². The molecular weight excluding hydrogens is 388 g/mol. The first-order chi connectivity index (χ1) is 13.8. The van der Waals surface area contributed by atoms with E-state index in [4.69, 9.17) is 4.55 Å². The molecule has 0 saturated heterocycles. The minimum Gasteiger partial charge on any atom is -0.454 e. The van der Waals surface area contributed by atoms with Gasteiger partial charge in [-0.05, 0) is 45.0 Å². The molecule has 3 aromatic rings. The number of anilines is 3. The molecule has 1 heterocycles. The number of hydrogen-bond acceptors (Lipinski definition) is 8. The number of aromatic nitrogens is 2. The van der Waals surface area contributed by atoms with Crippen molar-refractivity contribution in [3.05, 3.63) is 60.7 Å². The Hall–Kier alpha value is -3.17. The normalized spacial score (nSPS) is 12.4. The summed E-state index contributed by atoms with van der Waals surface area (Å²) < 4.78 is 23.1. The van der Waals surface area contributed by atoms with Crippen LogP contribution in [0.3, 0.4) is 0 Å². The molecule has 0 atom stereocenters. The highest BCUT2D eigenvalue weighted by Gasteiger charge is 2.13. The molecule has 0 aliphatic carbocycles. The Kier molecular flexibility index (Phi) is 6.30. The Balaban J connectivity index is 1.83. The van der Waals surface area contributed by atoms with Crippen molar-refractivity contribution in [1.29, 1.82) is 0 Å². The second kappa shape index (κ2) is 8.89. The molecule has 4 N–H and O–H groups in total. The molecule has 2 aromatic carbocycles. The van der Waals surface area contributed by atoms with Crippen LogP contribution in [-0.2, 0) is 15.1 Å². The molecule has 0 fully saturated rings. The number of nitrogens with one attached hydrogen (secondary N) is 3. The summed E-state index contributed by atoms with van der Waals surface area (Å²) in [4.78, 5) is 9.16. The van der Waals surface area contributed by atoms with E-state index in [0.717, 1.165) is 16.9 Å². The van der Waals surface area contributed by atoms with E-state index in [9.17, 15) is 4.21 Å². The lowest BCUT2D eigenvalue weighted by Gasteiger charge is -2.21. The predicted octanol–water partition coefficient (Wildman–Crippen LogP) is 5.04. The summed E-state index contributed by atoms with van der Waals surface area (Å²) >= 11 is 0. The molecule has 0 aliphatic heterocycles. The van der Waals surface area contributed by atoms with Crippen LogP contribution >= 0.6 is 0 Å². The van der Waals surface area contributed by atoms with Gasteiger partial charge in [0.05, 0.1) is 11.4 Å². The Morgan fingerprint density at radius 1 is 0.966 bits per heavy atom. The van der Waals surface area contributed by atoms with E-state index >= 15 is 0 Å². The SMILES string of the molecule is CC(C)(C)Nc1nc(NNc2ccc(N=[S-](=O)O)cc2)cc(-c2ccccc2)n1. The average molecular weight is 412 g/mol. The second-order valence-electron chi connectivity index (χ2n) is 7.32. The van der Waals surface area contributed by atoms with Crippen LogP contribution in [0.2, 0.25) is 0 Å². The first-order valence-corrected chi connectivity index (χ1v) is 10.0. The largest absolute Gasteiger partial charge is 0.454 e. The van der Waals surface area contributed by atoms with Crippen molar-refractivity contribution in [2.45, 2.75) is 26.3 Å². The number of benzene rings is 2. The Bertz CT molecular complexity index is 1040. The summed E-state index contributed by atoms with van der Waals surface area (Å²) in [6.45, 7) is 6.13. The van der Waals surface area contributed by atoms with Crippen molar-refractivity contribution in [2.75, 3.05) is 16.2 Å². The van der Waals surface area contributed by atoms with Gasteiger partial charge in [-0.3, -0.25) is 10.9 Å². The summed E-state index contributed by atoms with van der Waals surface area (Å²) in [5.41, 5.74) is 8.89. The van der Waals surface area contributed by atoms with Gasteiger partial charge in [0.25, 0.3) is 0 Å². The third kappa shape index (κ3) is 6.44. The first-order valence-electron chi connectivity index (χ1n) is 8.96. The van der Waals surface area contributed by atoms with E-state index in [-0.39, 0.29) is 5.54 Å². The highest BCUT2D eigenvalue weighted by atomic mass is 32.2. The monoisotopic (exact) mass is 411 g/mol. The molecule has 152 valence electrons. The summed E-state index contributed by atoms with van der Waals surface area (Å²) in [5.74, 6) is 1.11. The second-order valence-corrected chi connectivity index (χ2v) is 7.97. The third-order valence-corrected chi connectivity index (χ3v) is 4.04. The third-order valence-electron chi connectivity index (χ3n) is 3.67. The van der Waals surface area contributed by atoms with Crippen LogP contribution in [0.4, 0.5) is 23.1 Å². The van der Waals surface area contributed by atoms with Gasteiger partial charge in [0, 0.05) is 22.9 Å². The Labute approximate surface area is 171 Å². The van der Waals surface area contributed by atoms with Gasteiger partial charge in [-0.2, -0.15) is 4.98 Å².